The zero-order valence-electron chi connectivity index (χ0n) is 17.1. The van der Waals surface area contributed by atoms with Gasteiger partial charge in [0.05, 0.1) is 18.6 Å². The van der Waals surface area contributed by atoms with Gasteiger partial charge in [-0.3, -0.25) is 4.79 Å². The van der Waals surface area contributed by atoms with Crippen LogP contribution in [0.3, 0.4) is 0 Å². The lowest BCUT2D eigenvalue weighted by molar-refractivity contribution is -0.118. The summed E-state index contributed by atoms with van der Waals surface area (Å²) >= 11 is 1.36. The third kappa shape index (κ3) is 5.20. The van der Waals surface area contributed by atoms with Crippen LogP contribution in [0.5, 0.6) is 5.75 Å². The number of amides is 1. The molecule has 0 radical (unpaired) electrons. The van der Waals surface area contributed by atoms with Gasteiger partial charge >= 0.3 is 0 Å². The minimum atomic E-state index is -0.259. The number of furan rings is 1. The molecule has 29 heavy (non-hydrogen) atoms. The van der Waals surface area contributed by atoms with E-state index in [9.17, 15) is 4.79 Å². The molecule has 0 fully saturated rings. The minimum Gasteiger partial charge on any atom is -0.482 e. The summed E-state index contributed by atoms with van der Waals surface area (Å²) in [5.74, 6) is 2.48. The molecule has 8 heteroatoms. The van der Waals surface area contributed by atoms with E-state index < -0.39 is 0 Å². The van der Waals surface area contributed by atoms with Crippen LogP contribution in [0, 0.1) is 13.8 Å². The van der Waals surface area contributed by atoms with Crippen molar-refractivity contribution in [1.82, 2.24) is 20.1 Å². The Kier molecular flexibility index (Phi) is 6.98. The smallest absolute Gasteiger partial charge is 0.230 e. The first kappa shape index (κ1) is 21.0. The number of rotatable bonds is 9. The van der Waals surface area contributed by atoms with Gasteiger partial charge in [0.25, 0.3) is 0 Å². The zero-order valence-corrected chi connectivity index (χ0v) is 18.0. The maximum atomic E-state index is 12.1. The summed E-state index contributed by atoms with van der Waals surface area (Å²) in [6.07, 6.45) is 1.33. The van der Waals surface area contributed by atoms with Gasteiger partial charge in [-0.05, 0) is 57.0 Å². The Balaban J connectivity index is 1.61. The Hall–Kier alpha value is -2.74. The van der Waals surface area contributed by atoms with Crippen molar-refractivity contribution in [3.05, 3.63) is 59.3 Å². The molecule has 0 bridgehead atoms. The second-order valence-electron chi connectivity index (χ2n) is 6.69. The Bertz CT molecular complexity index is 953. The fraction of sp³-hybridized carbons (Fsp3) is 0.381. The topological polar surface area (TPSA) is 82.2 Å². The van der Waals surface area contributed by atoms with Gasteiger partial charge in [-0.1, -0.05) is 23.9 Å². The molecule has 1 atom stereocenters. The fourth-order valence-electron chi connectivity index (χ4n) is 2.88. The third-order valence-electron chi connectivity index (χ3n) is 4.66. The van der Waals surface area contributed by atoms with Crippen molar-refractivity contribution in [2.24, 2.45) is 0 Å². The number of aryl methyl sites for hydroxylation is 1. The molecule has 0 aliphatic carbocycles. The van der Waals surface area contributed by atoms with Gasteiger partial charge in [0.15, 0.2) is 17.1 Å². The highest BCUT2D eigenvalue weighted by Crippen LogP contribution is 2.27. The monoisotopic (exact) mass is 414 g/mol. The number of hydrogen-bond donors (Lipinski definition) is 1. The van der Waals surface area contributed by atoms with Gasteiger partial charge in [0.2, 0.25) is 5.91 Å². The van der Waals surface area contributed by atoms with Gasteiger partial charge in [-0.25, -0.2) is 0 Å². The first-order valence-electron chi connectivity index (χ1n) is 9.57. The van der Waals surface area contributed by atoms with Crippen LogP contribution in [0.1, 0.15) is 42.7 Å². The average molecular weight is 415 g/mol. The molecule has 3 aromatic rings. The van der Waals surface area contributed by atoms with Crippen molar-refractivity contribution in [3.63, 3.8) is 0 Å². The van der Waals surface area contributed by atoms with Crippen molar-refractivity contribution in [2.75, 3.05) is 5.75 Å². The molecule has 0 aliphatic heterocycles. The summed E-state index contributed by atoms with van der Waals surface area (Å²) in [6, 6.07) is 9.63. The lowest BCUT2D eigenvalue weighted by Crippen LogP contribution is -2.24. The maximum Gasteiger partial charge on any atom is 0.230 e. The van der Waals surface area contributed by atoms with Gasteiger partial charge in [0, 0.05) is 6.54 Å². The SMILES string of the molecule is CCn1c(SCC(=O)NCc2ccco2)nnc1C(C)Oc1cccc(C)c1C. The Labute approximate surface area is 174 Å². The molecular formula is C21H26N4O3S. The van der Waals surface area contributed by atoms with Gasteiger partial charge in [-0.15, -0.1) is 10.2 Å². The van der Waals surface area contributed by atoms with Crippen LogP contribution in [0.15, 0.2) is 46.2 Å². The molecule has 3 rings (SSSR count). The number of ether oxygens (including phenoxy) is 1. The average Bonchev–Trinajstić information content (AvgIpc) is 3.37. The number of carbonyl (C=O) groups is 1. The molecule has 2 heterocycles. The Morgan fingerprint density at radius 3 is 2.83 bits per heavy atom. The predicted octanol–water partition coefficient (Wildman–Crippen LogP) is 4.06. The second-order valence-corrected chi connectivity index (χ2v) is 7.63. The molecular weight excluding hydrogens is 388 g/mol. The van der Waals surface area contributed by atoms with Crippen molar-refractivity contribution >= 4 is 17.7 Å². The predicted molar refractivity (Wildman–Crippen MR) is 112 cm³/mol. The van der Waals surface area contributed by atoms with Crippen LogP contribution in [-0.4, -0.2) is 26.4 Å². The van der Waals surface area contributed by atoms with Gasteiger partial charge in [-0.2, -0.15) is 0 Å². The van der Waals surface area contributed by atoms with E-state index in [4.69, 9.17) is 9.15 Å². The van der Waals surface area contributed by atoms with Crippen molar-refractivity contribution in [3.8, 4) is 5.75 Å². The Morgan fingerprint density at radius 2 is 2.10 bits per heavy atom. The van der Waals surface area contributed by atoms with Crippen LogP contribution in [0.4, 0.5) is 0 Å². The third-order valence-corrected chi connectivity index (χ3v) is 5.62. The lowest BCUT2D eigenvalue weighted by atomic mass is 10.1. The van der Waals surface area contributed by atoms with E-state index in [2.05, 4.69) is 28.5 Å². The quantitative estimate of drug-likeness (QED) is 0.532. The first-order chi connectivity index (χ1) is 14.0. The lowest BCUT2D eigenvalue weighted by Gasteiger charge is -2.17. The molecule has 0 saturated carbocycles. The number of benzene rings is 1. The molecule has 0 saturated heterocycles. The van der Waals surface area contributed by atoms with Crippen LogP contribution in [0.25, 0.3) is 0 Å². The summed E-state index contributed by atoms with van der Waals surface area (Å²) in [7, 11) is 0. The molecule has 1 N–H and O–H groups in total. The van der Waals surface area contributed by atoms with Crippen LogP contribution in [-0.2, 0) is 17.9 Å². The van der Waals surface area contributed by atoms with E-state index in [0.29, 0.717) is 18.2 Å². The van der Waals surface area contributed by atoms with Crippen LogP contribution in [0.2, 0.25) is 0 Å². The largest absolute Gasteiger partial charge is 0.482 e. The molecule has 1 aromatic carbocycles. The fourth-order valence-corrected chi connectivity index (χ4v) is 3.72. The highest BCUT2D eigenvalue weighted by Gasteiger charge is 2.20. The standard InChI is InChI=1S/C21H26N4O3S/c1-5-25-20(16(4)28-18-10-6-8-14(2)15(18)3)23-24-21(25)29-13-19(26)22-12-17-9-7-11-27-17/h6-11,16H,5,12-13H2,1-4H3,(H,22,26). The molecule has 0 spiro atoms. The Morgan fingerprint density at radius 1 is 1.28 bits per heavy atom. The summed E-state index contributed by atoms with van der Waals surface area (Å²) < 4.78 is 13.4. The number of hydrogen-bond acceptors (Lipinski definition) is 6. The number of thioether (sulfide) groups is 1. The maximum absolute atomic E-state index is 12.1. The van der Waals surface area contributed by atoms with Crippen LogP contribution >= 0.6 is 11.8 Å². The summed E-state index contributed by atoms with van der Waals surface area (Å²) in [5.41, 5.74) is 2.30. The molecule has 1 unspecified atom stereocenters. The van der Waals surface area contributed by atoms with E-state index in [0.717, 1.165) is 22.9 Å². The highest BCUT2D eigenvalue weighted by molar-refractivity contribution is 7.99. The van der Waals surface area contributed by atoms with Crippen LogP contribution < -0.4 is 10.1 Å². The highest BCUT2D eigenvalue weighted by atomic mass is 32.2. The summed E-state index contributed by atoms with van der Waals surface area (Å²) in [4.78, 5) is 12.1. The van der Waals surface area contributed by atoms with E-state index in [1.54, 1.807) is 12.3 Å². The normalized spacial score (nSPS) is 12.0. The molecule has 7 nitrogen and oxygen atoms in total. The number of nitrogens with one attached hydrogen (secondary N) is 1. The van der Waals surface area contributed by atoms with E-state index in [1.807, 2.05) is 43.5 Å². The number of nitrogens with zero attached hydrogens (tertiary/aromatic N) is 3. The van der Waals surface area contributed by atoms with E-state index in [-0.39, 0.29) is 17.8 Å². The second kappa shape index (κ2) is 9.65. The summed E-state index contributed by atoms with van der Waals surface area (Å²) in [5, 5.41) is 12.1. The minimum absolute atomic E-state index is 0.0849. The summed E-state index contributed by atoms with van der Waals surface area (Å²) in [6.45, 7) is 9.16. The van der Waals surface area contributed by atoms with Gasteiger partial charge in [0.1, 0.15) is 11.5 Å². The van der Waals surface area contributed by atoms with Crippen molar-refractivity contribution in [2.45, 2.75) is 52.0 Å². The van der Waals surface area contributed by atoms with Crippen molar-refractivity contribution in [1.29, 1.82) is 0 Å². The molecule has 1 amide bonds. The number of carbonyl (C=O) groups excluding carboxylic acids is 1. The molecule has 154 valence electrons. The molecule has 2 aromatic heterocycles. The van der Waals surface area contributed by atoms with Crippen molar-refractivity contribution < 1.29 is 13.9 Å². The van der Waals surface area contributed by atoms with Gasteiger partial charge < -0.3 is 19.0 Å². The first-order valence-corrected chi connectivity index (χ1v) is 10.6. The number of aromatic nitrogens is 3. The molecule has 0 aliphatic rings. The van der Waals surface area contributed by atoms with E-state index in [1.165, 1.54) is 17.3 Å². The van der Waals surface area contributed by atoms with E-state index >= 15 is 0 Å². The zero-order chi connectivity index (χ0) is 20.8.